The lowest BCUT2D eigenvalue weighted by atomic mass is 9.93. The van der Waals surface area contributed by atoms with Crippen LogP contribution >= 0.6 is 0 Å². The Kier molecular flexibility index (Phi) is 2.74. The van der Waals surface area contributed by atoms with Gasteiger partial charge in [0.2, 0.25) is 0 Å². The van der Waals surface area contributed by atoms with Crippen molar-refractivity contribution in [3.8, 4) is 0 Å². The summed E-state index contributed by atoms with van der Waals surface area (Å²) in [5, 5.41) is 0. The Morgan fingerprint density at radius 3 is 2.94 bits per heavy atom. The van der Waals surface area contributed by atoms with E-state index in [4.69, 9.17) is 4.74 Å². The summed E-state index contributed by atoms with van der Waals surface area (Å²) in [5.74, 6) is 1.15. The Labute approximate surface area is 109 Å². The minimum atomic E-state index is 0.126. The number of rotatable bonds is 4. The first-order valence-corrected chi connectivity index (χ1v) is 6.93. The standard InChI is InChI=1S/C15H22N2O/c1-4-10(2)14-12-9-11(18-15(3)7-8-15)5-6-13(12)16-17-14/h9,14,16-17H,2,4-8H2,1,3H3. The van der Waals surface area contributed by atoms with Crippen LogP contribution in [0.1, 0.15) is 46.0 Å². The summed E-state index contributed by atoms with van der Waals surface area (Å²) in [6.45, 7) is 8.50. The van der Waals surface area contributed by atoms with Gasteiger partial charge < -0.3 is 10.2 Å². The van der Waals surface area contributed by atoms with E-state index >= 15 is 0 Å². The van der Waals surface area contributed by atoms with E-state index in [-0.39, 0.29) is 11.6 Å². The van der Waals surface area contributed by atoms with Crippen molar-refractivity contribution in [2.24, 2.45) is 0 Å². The van der Waals surface area contributed by atoms with E-state index in [2.05, 4.69) is 37.4 Å². The third kappa shape index (κ3) is 2.07. The minimum Gasteiger partial charge on any atom is -0.492 e. The molecule has 0 amide bonds. The molecule has 0 radical (unpaired) electrons. The van der Waals surface area contributed by atoms with Crippen LogP contribution in [0.4, 0.5) is 0 Å². The van der Waals surface area contributed by atoms with Gasteiger partial charge in [0.05, 0.1) is 11.8 Å². The second kappa shape index (κ2) is 4.16. The average molecular weight is 246 g/mol. The fraction of sp³-hybridized carbons (Fsp3) is 0.600. The van der Waals surface area contributed by atoms with Crippen LogP contribution in [-0.4, -0.2) is 11.6 Å². The first kappa shape index (κ1) is 11.8. The molecule has 0 aromatic carbocycles. The van der Waals surface area contributed by atoms with Crippen molar-refractivity contribution in [1.82, 2.24) is 10.9 Å². The summed E-state index contributed by atoms with van der Waals surface area (Å²) < 4.78 is 6.10. The van der Waals surface area contributed by atoms with Crippen molar-refractivity contribution >= 4 is 0 Å². The molecule has 98 valence electrons. The van der Waals surface area contributed by atoms with Gasteiger partial charge in [-0.05, 0) is 44.3 Å². The molecule has 2 N–H and O–H groups in total. The molecule has 1 saturated carbocycles. The van der Waals surface area contributed by atoms with Crippen LogP contribution in [0, 0.1) is 0 Å². The zero-order valence-electron chi connectivity index (χ0n) is 11.3. The molecule has 1 atom stereocenters. The zero-order valence-corrected chi connectivity index (χ0v) is 11.3. The maximum absolute atomic E-state index is 6.10. The summed E-state index contributed by atoms with van der Waals surface area (Å²) in [5.41, 5.74) is 10.6. The van der Waals surface area contributed by atoms with Crippen molar-refractivity contribution < 1.29 is 4.74 Å². The summed E-state index contributed by atoms with van der Waals surface area (Å²) in [7, 11) is 0. The molecule has 3 heteroatoms. The van der Waals surface area contributed by atoms with Crippen LogP contribution in [0.25, 0.3) is 0 Å². The molecule has 1 fully saturated rings. The largest absolute Gasteiger partial charge is 0.492 e. The van der Waals surface area contributed by atoms with Crippen molar-refractivity contribution in [2.75, 3.05) is 0 Å². The van der Waals surface area contributed by atoms with E-state index in [0.29, 0.717) is 0 Å². The van der Waals surface area contributed by atoms with Gasteiger partial charge >= 0.3 is 0 Å². The Morgan fingerprint density at radius 2 is 2.28 bits per heavy atom. The van der Waals surface area contributed by atoms with Gasteiger partial charge in [-0.3, -0.25) is 0 Å². The number of hydrogen-bond donors (Lipinski definition) is 2. The molecule has 1 aliphatic heterocycles. The van der Waals surface area contributed by atoms with E-state index in [0.717, 1.165) is 25.0 Å². The topological polar surface area (TPSA) is 33.3 Å². The van der Waals surface area contributed by atoms with Gasteiger partial charge in [0, 0.05) is 12.1 Å². The molecule has 1 unspecified atom stereocenters. The number of allylic oxidation sites excluding steroid dienone is 2. The molecule has 3 rings (SSSR count). The SMILES string of the molecule is C=C(CC)C1NNC2=C1C=C(OC1(C)CC1)CC2. The van der Waals surface area contributed by atoms with E-state index < -0.39 is 0 Å². The van der Waals surface area contributed by atoms with E-state index in [1.165, 1.54) is 29.7 Å². The monoisotopic (exact) mass is 246 g/mol. The Balaban J connectivity index is 1.79. The highest BCUT2D eigenvalue weighted by atomic mass is 16.5. The summed E-state index contributed by atoms with van der Waals surface area (Å²) in [4.78, 5) is 0. The zero-order chi connectivity index (χ0) is 12.8. The van der Waals surface area contributed by atoms with Gasteiger partial charge in [-0.25, -0.2) is 5.43 Å². The first-order chi connectivity index (χ1) is 8.61. The molecule has 0 aromatic heterocycles. The highest BCUT2D eigenvalue weighted by molar-refractivity contribution is 5.43. The maximum atomic E-state index is 6.10. The van der Waals surface area contributed by atoms with Crippen LogP contribution in [0.15, 0.2) is 35.3 Å². The predicted octanol–water partition coefficient (Wildman–Crippen LogP) is 2.93. The van der Waals surface area contributed by atoms with Crippen LogP contribution < -0.4 is 10.9 Å². The van der Waals surface area contributed by atoms with Crippen LogP contribution in [0.2, 0.25) is 0 Å². The van der Waals surface area contributed by atoms with E-state index in [1.54, 1.807) is 0 Å². The quantitative estimate of drug-likeness (QED) is 0.748. The van der Waals surface area contributed by atoms with Crippen LogP contribution in [0.5, 0.6) is 0 Å². The van der Waals surface area contributed by atoms with Gasteiger partial charge in [0.25, 0.3) is 0 Å². The van der Waals surface area contributed by atoms with Crippen molar-refractivity contribution in [1.29, 1.82) is 0 Å². The molecular weight excluding hydrogens is 224 g/mol. The highest BCUT2D eigenvalue weighted by Crippen LogP contribution is 2.43. The minimum absolute atomic E-state index is 0.126. The summed E-state index contributed by atoms with van der Waals surface area (Å²) >= 11 is 0. The van der Waals surface area contributed by atoms with Gasteiger partial charge in [0.15, 0.2) is 0 Å². The van der Waals surface area contributed by atoms with Gasteiger partial charge in [-0.2, -0.15) is 0 Å². The third-order valence-corrected chi connectivity index (χ3v) is 4.16. The van der Waals surface area contributed by atoms with Crippen molar-refractivity contribution in [3.05, 3.63) is 35.3 Å². The molecule has 0 saturated heterocycles. The summed E-state index contributed by atoms with van der Waals surface area (Å²) in [6.07, 6.45) is 7.65. The first-order valence-electron chi connectivity index (χ1n) is 6.93. The molecule has 3 nitrogen and oxygen atoms in total. The number of nitrogens with one attached hydrogen (secondary N) is 2. The Bertz CT molecular complexity index is 443. The normalized spacial score (nSPS) is 28.3. The lowest BCUT2D eigenvalue weighted by Crippen LogP contribution is -2.33. The molecule has 18 heavy (non-hydrogen) atoms. The molecule has 0 spiro atoms. The fourth-order valence-corrected chi connectivity index (χ4v) is 2.56. The molecule has 0 aromatic rings. The van der Waals surface area contributed by atoms with E-state index in [9.17, 15) is 0 Å². The van der Waals surface area contributed by atoms with E-state index in [1.807, 2.05) is 0 Å². The van der Waals surface area contributed by atoms with Crippen molar-refractivity contribution in [2.45, 2.75) is 57.6 Å². The predicted molar refractivity (Wildman–Crippen MR) is 72.6 cm³/mol. The maximum Gasteiger partial charge on any atom is 0.106 e. The fourth-order valence-electron chi connectivity index (χ4n) is 2.56. The average Bonchev–Trinajstić information content (AvgIpc) is 2.93. The second-order valence-electron chi connectivity index (χ2n) is 5.81. The Morgan fingerprint density at radius 1 is 1.50 bits per heavy atom. The lowest BCUT2D eigenvalue weighted by molar-refractivity contribution is 0.102. The molecule has 3 aliphatic rings. The number of hydrazine groups is 1. The van der Waals surface area contributed by atoms with Gasteiger partial charge in [0.1, 0.15) is 5.60 Å². The highest BCUT2D eigenvalue weighted by Gasteiger charge is 2.41. The van der Waals surface area contributed by atoms with Gasteiger partial charge in [-0.1, -0.05) is 19.1 Å². The lowest BCUT2D eigenvalue weighted by Gasteiger charge is -2.21. The number of ether oxygens (including phenoxy) is 1. The Hall–Kier alpha value is -1.22. The van der Waals surface area contributed by atoms with Gasteiger partial charge in [-0.15, -0.1) is 0 Å². The van der Waals surface area contributed by atoms with Crippen LogP contribution in [0.3, 0.4) is 0 Å². The second-order valence-corrected chi connectivity index (χ2v) is 5.81. The molecule has 0 bridgehead atoms. The number of hydrogen-bond acceptors (Lipinski definition) is 3. The van der Waals surface area contributed by atoms with Crippen LogP contribution in [-0.2, 0) is 4.74 Å². The molecular formula is C15H22N2O. The smallest absolute Gasteiger partial charge is 0.106 e. The third-order valence-electron chi connectivity index (χ3n) is 4.16. The summed E-state index contributed by atoms with van der Waals surface area (Å²) in [6, 6.07) is 0.246. The van der Waals surface area contributed by atoms with Crippen molar-refractivity contribution in [3.63, 3.8) is 0 Å². The molecule has 1 heterocycles. The molecule has 2 aliphatic carbocycles.